The van der Waals surface area contributed by atoms with E-state index in [0.717, 1.165) is 11.1 Å². The fourth-order valence-corrected chi connectivity index (χ4v) is 3.08. The first-order chi connectivity index (χ1) is 13.4. The fraction of sp³-hybridized carbons (Fsp3) is 0.364. The van der Waals surface area contributed by atoms with Crippen molar-refractivity contribution in [3.05, 3.63) is 70.8 Å². The summed E-state index contributed by atoms with van der Waals surface area (Å²) in [5, 5.41) is 13.6. The number of carbonyl (C=O) groups excluding carboxylic acids is 1. The van der Waals surface area contributed by atoms with Crippen LogP contribution in [0.4, 0.5) is 4.79 Å². The number of aryl methyl sites for hydroxylation is 2. The van der Waals surface area contributed by atoms with E-state index < -0.39 is 6.09 Å². The van der Waals surface area contributed by atoms with Crippen LogP contribution >= 0.6 is 0 Å². The van der Waals surface area contributed by atoms with E-state index >= 15 is 0 Å². The van der Waals surface area contributed by atoms with Gasteiger partial charge in [0, 0.05) is 25.4 Å². The normalized spacial score (nSPS) is 11.6. The highest BCUT2D eigenvalue weighted by Gasteiger charge is 2.14. The molecule has 0 aliphatic carbocycles. The predicted octanol–water partition coefficient (Wildman–Crippen LogP) is 3.38. The molecule has 0 aliphatic rings. The van der Waals surface area contributed by atoms with Crippen molar-refractivity contribution in [2.45, 2.75) is 32.8 Å². The highest BCUT2D eigenvalue weighted by Crippen LogP contribution is 2.17. The molecule has 2 amide bonds. The Morgan fingerprint density at radius 2 is 1.71 bits per heavy atom. The van der Waals surface area contributed by atoms with Gasteiger partial charge in [0.1, 0.15) is 0 Å². The molecule has 2 aromatic rings. The summed E-state index contributed by atoms with van der Waals surface area (Å²) >= 11 is 0. The molecule has 0 radical (unpaired) electrons. The van der Waals surface area contributed by atoms with Gasteiger partial charge in [-0.1, -0.05) is 59.7 Å². The summed E-state index contributed by atoms with van der Waals surface area (Å²) in [6, 6.07) is 16.3. The van der Waals surface area contributed by atoms with Crippen molar-refractivity contribution in [2.75, 3.05) is 19.7 Å². The van der Waals surface area contributed by atoms with E-state index in [-0.39, 0.29) is 24.8 Å². The SMILES string of the molecule is Cc1cc(C)cc(COCC(CNC(=O)CCNC(=O)O)c2ccccc2)c1. The van der Waals surface area contributed by atoms with Crippen LogP contribution in [0.3, 0.4) is 0 Å². The summed E-state index contributed by atoms with van der Waals surface area (Å²) < 4.78 is 5.95. The Morgan fingerprint density at radius 1 is 1.04 bits per heavy atom. The lowest BCUT2D eigenvalue weighted by atomic mass is 10.00. The van der Waals surface area contributed by atoms with Crippen molar-refractivity contribution < 1.29 is 19.4 Å². The molecule has 0 spiro atoms. The minimum absolute atomic E-state index is 0.0171. The Morgan fingerprint density at radius 3 is 2.36 bits per heavy atom. The number of benzene rings is 2. The van der Waals surface area contributed by atoms with E-state index in [1.165, 1.54) is 11.1 Å². The number of hydrogen-bond donors (Lipinski definition) is 3. The quantitative estimate of drug-likeness (QED) is 0.586. The zero-order valence-corrected chi connectivity index (χ0v) is 16.4. The second-order valence-corrected chi connectivity index (χ2v) is 6.90. The second-order valence-electron chi connectivity index (χ2n) is 6.90. The Hall–Kier alpha value is -2.86. The molecule has 0 aliphatic heterocycles. The maximum Gasteiger partial charge on any atom is 0.404 e. The first-order valence-corrected chi connectivity index (χ1v) is 9.37. The van der Waals surface area contributed by atoms with E-state index in [1.807, 2.05) is 30.3 Å². The van der Waals surface area contributed by atoms with Gasteiger partial charge in [-0.05, 0) is 25.0 Å². The number of carboxylic acid groups (broad SMARTS) is 1. The molecule has 0 heterocycles. The second kappa shape index (κ2) is 11.1. The molecular weight excluding hydrogens is 356 g/mol. The molecule has 0 fully saturated rings. The van der Waals surface area contributed by atoms with Crippen molar-refractivity contribution in [3.63, 3.8) is 0 Å². The molecule has 1 atom stereocenters. The van der Waals surface area contributed by atoms with Crippen molar-refractivity contribution in [3.8, 4) is 0 Å². The van der Waals surface area contributed by atoms with Crippen LogP contribution in [0.25, 0.3) is 0 Å². The van der Waals surface area contributed by atoms with E-state index in [4.69, 9.17) is 9.84 Å². The molecule has 0 saturated heterocycles. The van der Waals surface area contributed by atoms with Gasteiger partial charge in [0.2, 0.25) is 5.91 Å². The Kier molecular flexibility index (Phi) is 8.49. The van der Waals surface area contributed by atoms with Crippen molar-refractivity contribution in [1.82, 2.24) is 10.6 Å². The average Bonchev–Trinajstić information content (AvgIpc) is 2.64. The molecule has 0 aromatic heterocycles. The van der Waals surface area contributed by atoms with Crippen LogP contribution in [-0.4, -0.2) is 36.8 Å². The Balaban J connectivity index is 1.89. The molecule has 0 bridgehead atoms. The first-order valence-electron chi connectivity index (χ1n) is 9.37. The lowest BCUT2D eigenvalue weighted by Gasteiger charge is -2.19. The van der Waals surface area contributed by atoms with Gasteiger partial charge in [-0.3, -0.25) is 4.79 Å². The van der Waals surface area contributed by atoms with Gasteiger partial charge >= 0.3 is 6.09 Å². The van der Waals surface area contributed by atoms with Gasteiger partial charge in [0.05, 0.1) is 13.2 Å². The molecule has 0 saturated carbocycles. The highest BCUT2D eigenvalue weighted by molar-refractivity contribution is 5.76. The predicted molar refractivity (Wildman–Crippen MR) is 108 cm³/mol. The maximum absolute atomic E-state index is 11.9. The Bertz CT molecular complexity index is 757. The van der Waals surface area contributed by atoms with Gasteiger partial charge in [-0.2, -0.15) is 0 Å². The van der Waals surface area contributed by atoms with Gasteiger partial charge in [0.15, 0.2) is 0 Å². The summed E-state index contributed by atoms with van der Waals surface area (Å²) in [6.07, 6.45) is -1.02. The van der Waals surface area contributed by atoms with Gasteiger partial charge in [0.25, 0.3) is 0 Å². The number of hydrogen-bond acceptors (Lipinski definition) is 3. The minimum atomic E-state index is -1.13. The van der Waals surface area contributed by atoms with E-state index in [1.54, 1.807) is 0 Å². The monoisotopic (exact) mass is 384 g/mol. The smallest absolute Gasteiger partial charge is 0.404 e. The van der Waals surface area contributed by atoms with E-state index in [2.05, 4.69) is 42.7 Å². The molecular formula is C22H28N2O4. The van der Waals surface area contributed by atoms with Crippen LogP contribution in [0, 0.1) is 13.8 Å². The fourth-order valence-electron chi connectivity index (χ4n) is 3.08. The van der Waals surface area contributed by atoms with Gasteiger partial charge in [-0.15, -0.1) is 0 Å². The minimum Gasteiger partial charge on any atom is -0.465 e. The van der Waals surface area contributed by atoms with Crippen LogP contribution in [0.15, 0.2) is 48.5 Å². The summed E-state index contributed by atoms with van der Waals surface area (Å²) in [6.45, 7) is 5.66. The lowest BCUT2D eigenvalue weighted by Crippen LogP contribution is -2.33. The zero-order valence-electron chi connectivity index (χ0n) is 16.4. The summed E-state index contributed by atoms with van der Waals surface area (Å²) in [5.41, 5.74) is 4.64. The third-order valence-electron chi connectivity index (χ3n) is 4.31. The number of rotatable bonds is 10. The number of ether oxygens (including phenoxy) is 1. The van der Waals surface area contributed by atoms with E-state index in [0.29, 0.717) is 19.8 Å². The third kappa shape index (κ3) is 7.80. The van der Waals surface area contributed by atoms with Crippen LogP contribution in [0.5, 0.6) is 0 Å². The van der Waals surface area contributed by atoms with Crippen molar-refractivity contribution in [2.24, 2.45) is 0 Å². The summed E-state index contributed by atoms with van der Waals surface area (Å²) in [7, 11) is 0. The molecule has 1 unspecified atom stereocenters. The van der Waals surface area contributed by atoms with Crippen LogP contribution in [-0.2, 0) is 16.1 Å². The average molecular weight is 384 g/mol. The van der Waals surface area contributed by atoms with Crippen LogP contribution < -0.4 is 10.6 Å². The third-order valence-corrected chi connectivity index (χ3v) is 4.31. The van der Waals surface area contributed by atoms with Gasteiger partial charge < -0.3 is 20.5 Å². The largest absolute Gasteiger partial charge is 0.465 e. The lowest BCUT2D eigenvalue weighted by molar-refractivity contribution is -0.121. The van der Waals surface area contributed by atoms with Crippen molar-refractivity contribution >= 4 is 12.0 Å². The maximum atomic E-state index is 11.9. The molecule has 28 heavy (non-hydrogen) atoms. The molecule has 6 heteroatoms. The number of carbonyl (C=O) groups is 2. The zero-order chi connectivity index (χ0) is 20.4. The molecule has 150 valence electrons. The number of amides is 2. The summed E-state index contributed by atoms with van der Waals surface area (Å²) in [4.78, 5) is 22.4. The first kappa shape index (κ1) is 21.4. The highest BCUT2D eigenvalue weighted by atomic mass is 16.5. The standard InChI is InChI=1S/C22H28N2O4/c1-16-10-17(2)12-18(11-16)14-28-15-20(19-6-4-3-5-7-19)13-24-21(25)8-9-23-22(26)27/h3-7,10-12,20,23H,8-9,13-15H2,1-2H3,(H,24,25)(H,26,27). The Labute approximate surface area is 165 Å². The summed E-state index contributed by atoms with van der Waals surface area (Å²) in [5.74, 6) is -0.174. The van der Waals surface area contributed by atoms with Crippen LogP contribution in [0.1, 0.15) is 34.6 Å². The van der Waals surface area contributed by atoms with Gasteiger partial charge in [-0.25, -0.2) is 4.79 Å². The molecule has 2 rings (SSSR count). The van der Waals surface area contributed by atoms with E-state index in [9.17, 15) is 9.59 Å². The molecule has 2 aromatic carbocycles. The van der Waals surface area contributed by atoms with Crippen LogP contribution in [0.2, 0.25) is 0 Å². The van der Waals surface area contributed by atoms with Crippen molar-refractivity contribution in [1.29, 1.82) is 0 Å². The topological polar surface area (TPSA) is 87.7 Å². The molecule has 6 nitrogen and oxygen atoms in total. The molecule has 3 N–H and O–H groups in total. The number of nitrogens with one attached hydrogen (secondary N) is 2.